The normalized spacial score (nSPS) is 15.9. The van der Waals surface area contributed by atoms with Crippen molar-refractivity contribution >= 4 is 0 Å². The van der Waals surface area contributed by atoms with E-state index in [-0.39, 0.29) is 6.54 Å². The van der Waals surface area contributed by atoms with Crippen molar-refractivity contribution < 1.29 is 4.39 Å². The smallest absolute Gasteiger partial charge is 0.152 e. The van der Waals surface area contributed by atoms with E-state index < -0.39 is 11.1 Å². The first-order valence-electron chi connectivity index (χ1n) is 5.83. The van der Waals surface area contributed by atoms with E-state index in [1.54, 1.807) is 0 Å². The van der Waals surface area contributed by atoms with Crippen LogP contribution in [0.25, 0.3) is 0 Å². The molecule has 1 rings (SSSR count). The molecular weight excluding hydrogens is 201 g/mol. The number of alkyl halides is 1. The van der Waals surface area contributed by atoms with Gasteiger partial charge in [-0.15, -0.1) is 0 Å². The van der Waals surface area contributed by atoms with Crippen LogP contribution in [0.1, 0.15) is 38.8 Å². The number of benzene rings is 1. The lowest BCUT2D eigenvalue weighted by molar-refractivity contribution is 0.0342. The lowest BCUT2D eigenvalue weighted by atomic mass is 9.73. The van der Waals surface area contributed by atoms with Crippen molar-refractivity contribution in [2.45, 2.75) is 39.8 Å². The average Bonchev–Trinajstić information content (AvgIpc) is 2.26. The molecular formula is C14H22FN. The van der Waals surface area contributed by atoms with Crippen LogP contribution in [-0.2, 0) is 12.1 Å². The van der Waals surface area contributed by atoms with Crippen molar-refractivity contribution in [2.24, 2.45) is 11.1 Å². The van der Waals surface area contributed by atoms with Crippen molar-refractivity contribution in [3.63, 3.8) is 0 Å². The lowest BCUT2D eigenvalue weighted by Crippen LogP contribution is -2.42. The zero-order chi connectivity index (χ0) is 12.4. The highest BCUT2D eigenvalue weighted by Crippen LogP contribution is 2.42. The molecule has 1 aromatic rings. The molecule has 2 heteroatoms. The summed E-state index contributed by atoms with van der Waals surface area (Å²) >= 11 is 0. The topological polar surface area (TPSA) is 26.0 Å². The average molecular weight is 223 g/mol. The first kappa shape index (κ1) is 13.2. The van der Waals surface area contributed by atoms with Gasteiger partial charge in [0.1, 0.15) is 0 Å². The standard InChI is InChI=1S/C14H22FN/c1-5-11-7-6-8-12(9-11)14(15,10-16)13(2,3)4/h6-9H,5,10,16H2,1-4H3. The van der Waals surface area contributed by atoms with Crippen LogP contribution in [0.15, 0.2) is 24.3 Å². The van der Waals surface area contributed by atoms with Crippen LogP contribution in [0, 0.1) is 5.41 Å². The minimum absolute atomic E-state index is 0.0175. The fourth-order valence-corrected chi connectivity index (χ4v) is 1.89. The molecule has 1 unspecified atom stereocenters. The van der Waals surface area contributed by atoms with Crippen LogP contribution < -0.4 is 5.73 Å². The second kappa shape index (κ2) is 4.54. The molecule has 0 amide bonds. The number of rotatable bonds is 3. The predicted molar refractivity (Wildman–Crippen MR) is 67.1 cm³/mol. The Kier molecular flexibility index (Phi) is 3.74. The second-order valence-electron chi connectivity index (χ2n) is 5.31. The van der Waals surface area contributed by atoms with Gasteiger partial charge in [-0.05, 0) is 17.5 Å². The molecule has 2 N–H and O–H groups in total. The second-order valence-corrected chi connectivity index (χ2v) is 5.31. The zero-order valence-electron chi connectivity index (χ0n) is 10.7. The molecule has 1 aromatic carbocycles. The van der Waals surface area contributed by atoms with Gasteiger partial charge in [0, 0.05) is 12.0 Å². The molecule has 0 heterocycles. The maximum Gasteiger partial charge on any atom is 0.152 e. The summed E-state index contributed by atoms with van der Waals surface area (Å²) in [6, 6.07) is 7.68. The molecule has 0 saturated heterocycles. The summed E-state index contributed by atoms with van der Waals surface area (Å²) in [5.41, 5.74) is 5.54. The van der Waals surface area contributed by atoms with Gasteiger partial charge in [0.25, 0.3) is 0 Å². The van der Waals surface area contributed by atoms with E-state index in [1.807, 2.05) is 45.0 Å². The van der Waals surface area contributed by atoms with Crippen LogP contribution in [0.5, 0.6) is 0 Å². The Morgan fingerprint density at radius 1 is 1.25 bits per heavy atom. The Morgan fingerprint density at radius 2 is 1.88 bits per heavy atom. The molecule has 0 bridgehead atoms. The Bertz CT molecular complexity index is 354. The number of hydrogen-bond acceptors (Lipinski definition) is 1. The van der Waals surface area contributed by atoms with Crippen LogP contribution in [0.2, 0.25) is 0 Å². The molecule has 0 aliphatic carbocycles. The number of nitrogens with two attached hydrogens (primary N) is 1. The third kappa shape index (κ3) is 2.27. The van der Waals surface area contributed by atoms with Gasteiger partial charge in [-0.2, -0.15) is 0 Å². The summed E-state index contributed by atoms with van der Waals surface area (Å²) in [6.45, 7) is 7.75. The quantitative estimate of drug-likeness (QED) is 0.835. The van der Waals surface area contributed by atoms with Gasteiger partial charge in [-0.3, -0.25) is 0 Å². The van der Waals surface area contributed by atoms with Crippen molar-refractivity contribution in [3.05, 3.63) is 35.4 Å². The Morgan fingerprint density at radius 3 is 2.31 bits per heavy atom. The first-order chi connectivity index (χ1) is 7.35. The summed E-state index contributed by atoms with van der Waals surface area (Å²) in [7, 11) is 0. The summed E-state index contributed by atoms with van der Waals surface area (Å²) in [6.07, 6.45) is 0.915. The molecule has 0 aromatic heterocycles. The molecule has 0 radical (unpaired) electrons. The van der Waals surface area contributed by atoms with Gasteiger partial charge in [-0.25, -0.2) is 4.39 Å². The molecule has 16 heavy (non-hydrogen) atoms. The van der Waals surface area contributed by atoms with Crippen LogP contribution >= 0.6 is 0 Å². The third-order valence-electron chi connectivity index (χ3n) is 3.26. The fraction of sp³-hybridized carbons (Fsp3) is 0.571. The molecule has 0 fully saturated rings. The van der Waals surface area contributed by atoms with Crippen molar-refractivity contribution in [1.29, 1.82) is 0 Å². The van der Waals surface area contributed by atoms with Crippen molar-refractivity contribution in [2.75, 3.05) is 6.54 Å². The minimum atomic E-state index is -1.46. The largest absolute Gasteiger partial charge is 0.327 e. The van der Waals surface area contributed by atoms with E-state index in [4.69, 9.17) is 5.73 Å². The molecule has 1 nitrogen and oxygen atoms in total. The summed E-state index contributed by atoms with van der Waals surface area (Å²) in [4.78, 5) is 0. The van der Waals surface area contributed by atoms with E-state index in [9.17, 15) is 4.39 Å². The van der Waals surface area contributed by atoms with Crippen molar-refractivity contribution in [3.8, 4) is 0 Å². The first-order valence-corrected chi connectivity index (χ1v) is 5.83. The molecule has 1 atom stereocenters. The maximum absolute atomic E-state index is 15.0. The Hall–Kier alpha value is -0.890. The summed E-state index contributed by atoms with van der Waals surface area (Å²) < 4.78 is 15.0. The van der Waals surface area contributed by atoms with Gasteiger partial charge in [0.15, 0.2) is 5.67 Å². The Balaban J connectivity index is 3.23. The van der Waals surface area contributed by atoms with Gasteiger partial charge in [-0.1, -0.05) is 52.0 Å². The highest BCUT2D eigenvalue weighted by Gasteiger charge is 2.42. The van der Waals surface area contributed by atoms with E-state index in [2.05, 4.69) is 6.92 Å². The van der Waals surface area contributed by atoms with E-state index in [0.717, 1.165) is 12.0 Å². The molecule has 0 saturated carbocycles. The SMILES string of the molecule is CCc1cccc(C(F)(CN)C(C)(C)C)c1. The Labute approximate surface area is 97.9 Å². The van der Waals surface area contributed by atoms with Crippen LogP contribution in [0.4, 0.5) is 4.39 Å². The minimum Gasteiger partial charge on any atom is -0.327 e. The molecule has 90 valence electrons. The van der Waals surface area contributed by atoms with Crippen molar-refractivity contribution in [1.82, 2.24) is 0 Å². The van der Waals surface area contributed by atoms with Crippen LogP contribution in [-0.4, -0.2) is 6.54 Å². The molecule has 0 aliphatic rings. The molecule has 0 aliphatic heterocycles. The van der Waals surface area contributed by atoms with E-state index >= 15 is 0 Å². The highest BCUT2D eigenvalue weighted by molar-refractivity contribution is 5.30. The summed E-state index contributed by atoms with van der Waals surface area (Å²) in [5.74, 6) is 0. The van der Waals surface area contributed by atoms with Gasteiger partial charge in [0.05, 0.1) is 0 Å². The zero-order valence-corrected chi connectivity index (χ0v) is 10.7. The van der Waals surface area contributed by atoms with Gasteiger partial charge >= 0.3 is 0 Å². The molecule has 0 spiro atoms. The van der Waals surface area contributed by atoms with E-state index in [0.29, 0.717) is 5.56 Å². The number of aryl methyl sites for hydroxylation is 1. The summed E-state index contributed by atoms with van der Waals surface area (Å²) in [5, 5.41) is 0. The maximum atomic E-state index is 15.0. The van der Waals surface area contributed by atoms with Crippen LogP contribution in [0.3, 0.4) is 0 Å². The fourth-order valence-electron chi connectivity index (χ4n) is 1.89. The van der Waals surface area contributed by atoms with Gasteiger partial charge < -0.3 is 5.73 Å². The predicted octanol–water partition coefficient (Wildman–Crippen LogP) is 3.42. The lowest BCUT2D eigenvalue weighted by Gasteiger charge is -2.37. The monoisotopic (exact) mass is 223 g/mol. The number of halogens is 1. The van der Waals surface area contributed by atoms with E-state index in [1.165, 1.54) is 0 Å². The third-order valence-corrected chi connectivity index (χ3v) is 3.26. The van der Waals surface area contributed by atoms with Gasteiger partial charge in [0.2, 0.25) is 0 Å². The highest BCUT2D eigenvalue weighted by atomic mass is 19.1. The number of hydrogen-bond donors (Lipinski definition) is 1.